The summed E-state index contributed by atoms with van der Waals surface area (Å²) in [5.41, 5.74) is 6.27. The van der Waals surface area contributed by atoms with E-state index in [-0.39, 0.29) is 11.3 Å². The van der Waals surface area contributed by atoms with E-state index in [1.807, 2.05) is 12.1 Å². The monoisotopic (exact) mass is 443 g/mol. The lowest BCUT2D eigenvalue weighted by molar-refractivity contribution is 0.0929. The second-order valence-corrected chi connectivity index (χ2v) is 9.24. The number of nitrogens with zero attached hydrogens (tertiary/aromatic N) is 2. The molecule has 1 N–H and O–H groups in total. The molecular weight excluding hydrogens is 421 g/mol. The summed E-state index contributed by atoms with van der Waals surface area (Å²) >= 11 is 12.5. The molecule has 0 saturated heterocycles. The lowest BCUT2D eigenvalue weighted by atomic mass is 9.80. The third kappa shape index (κ3) is 3.80. The van der Waals surface area contributed by atoms with Gasteiger partial charge in [-0.2, -0.15) is 5.10 Å². The number of hydrogen-bond donors (Lipinski definition) is 1. The molecule has 156 valence electrons. The summed E-state index contributed by atoms with van der Waals surface area (Å²) in [7, 11) is 2.09. The number of halogens is 2. The molecule has 0 fully saturated rings. The molecule has 5 nitrogen and oxygen atoms in total. The number of hydrazone groups is 1. The minimum atomic E-state index is -0.442. The van der Waals surface area contributed by atoms with Gasteiger partial charge in [-0.25, -0.2) is 5.43 Å². The number of rotatable bonds is 3. The van der Waals surface area contributed by atoms with Crippen LogP contribution < -0.4 is 10.3 Å². The van der Waals surface area contributed by atoms with Crippen molar-refractivity contribution in [2.45, 2.75) is 38.6 Å². The van der Waals surface area contributed by atoms with Gasteiger partial charge < -0.3 is 9.32 Å². The van der Waals surface area contributed by atoms with Crippen molar-refractivity contribution in [1.29, 1.82) is 0 Å². The van der Waals surface area contributed by atoms with E-state index in [1.165, 1.54) is 5.56 Å². The molecule has 0 bridgehead atoms. The summed E-state index contributed by atoms with van der Waals surface area (Å²) in [6, 6.07) is 10.8. The normalized spacial score (nSPS) is 18.1. The number of furan rings is 1. The Bertz CT molecular complexity index is 1170. The maximum atomic E-state index is 12.4. The topological polar surface area (TPSA) is 57.8 Å². The van der Waals surface area contributed by atoms with Gasteiger partial charge in [0.05, 0.1) is 11.2 Å². The summed E-state index contributed by atoms with van der Waals surface area (Å²) < 4.78 is 5.55. The summed E-state index contributed by atoms with van der Waals surface area (Å²) in [6.07, 6.45) is 2.61. The molecule has 2 heterocycles. The number of benzene rings is 2. The van der Waals surface area contributed by atoms with Gasteiger partial charge in [0, 0.05) is 34.2 Å². The highest BCUT2D eigenvalue weighted by molar-refractivity contribution is 6.33. The van der Waals surface area contributed by atoms with Crippen LogP contribution in [0, 0.1) is 0 Å². The van der Waals surface area contributed by atoms with Crippen molar-refractivity contribution in [3.8, 4) is 0 Å². The number of fused-ring (bicyclic) bond motifs is 2. The van der Waals surface area contributed by atoms with Crippen molar-refractivity contribution in [3.05, 3.63) is 63.3 Å². The third-order valence-electron chi connectivity index (χ3n) is 5.82. The molecule has 4 rings (SSSR count). The van der Waals surface area contributed by atoms with E-state index in [9.17, 15) is 4.79 Å². The minimum Gasteiger partial charge on any atom is -0.451 e. The molecule has 2 aromatic carbocycles. The molecule has 1 aromatic heterocycles. The minimum absolute atomic E-state index is 0.0656. The quantitative estimate of drug-likeness (QED) is 0.385. The lowest BCUT2D eigenvalue weighted by Crippen LogP contribution is -2.45. The molecule has 0 radical (unpaired) electrons. The van der Waals surface area contributed by atoms with Gasteiger partial charge >= 0.3 is 5.91 Å². The van der Waals surface area contributed by atoms with Gasteiger partial charge in [0.2, 0.25) is 0 Å². The molecule has 1 aliphatic heterocycles. The molecule has 1 aliphatic rings. The van der Waals surface area contributed by atoms with E-state index in [4.69, 9.17) is 27.6 Å². The molecule has 7 heteroatoms. The fourth-order valence-electron chi connectivity index (χ4n) is 4.05. The first-order valence-electron chi connectivity index (χ1n) is 9.75. The van der Waals surface area contributed by atoms with Crippen LogP contribution in [0.5, 0.6) is 0 Å². The highest BCUT2D eigenvalue weighted by Crippen LogP contribution is 2.44. The Morgan fingerprint density at radius 2 is 2.03 bits per heavy atom. The van der Waals surface area contributed by atoms with Gasteiger partial charge in [0.1, 0.15) is 5.58 Å². The molecule has 1 atom stereocenters. The van der Waals surface area contributed by atoms with Crippen LogP contribution in [-0.2, 0) is 0 Å². The van der Waals surface area contributed by atoms with Crippen LogP contribution in [0.15, 0.2) is 45.9 Å². The molecule has 0 saturated carbocycles. The van der Waals surface area contributed by atoms with E-state index in [2.05, 4.69) is 43.2 Å². The van der Waals surface area contributed by atoms with Gasteiger partial charge in [-0.05, 0) is 68.1 Å². The molecule has 1 amide bonds. The van der Waals surface area contributed by atoms with Crippen LogP contribution in [0.2, 0.25) is 10.0 Å². The maximum absolute atomic E-state index is 12.4. The second kappa shape index (κ2) is 7.64. The fourth-order valence-corrected chi connectivity index (χ4v) is 4.43. The number of amides is 1. The van der Waals surface area contributed by atoms with Crippen LogP contribution in [-0.4, -0.2) is 24.7 Å². The Kier molecular flexibility index (Phi) is 5.28. The number of anilines is 1. The first-order valence-corrected chi connectivity index (χ1v) is 10.5. The number of carbonyl (C=O) groups is 1. The maximum Gasteiger partial charge on any atom is 0.307 e. The van der Waals surface area contributed by atoms with E-state index in [1.54, 1.807) is 30.5 Å². The Labute approximate surface area is 185 Å². The van der Waals surface area contributed by atoms with Crippen molar-refractivity contribution < 1.29 is 9.21 Å². The molecule has 1 unspecified atom stereocenters. The van der Waals surface area contributed by atoms with E-state index < -0.39 is 5.91 Å². The van der Waals surface area contributed by atoms with Gasteiger partial charge in [-0.1, -0.05) is 30.1 Å². The predicted octanol–water partition coefficient (Wildman–Crippen LogP) is 6.23. The van der Waals surface area contributed by atoms with Crippen LogP contribution in [0.25, 0.3) is 11.0 Å². The van der Waals surface area contributed by atoms with Gasteiger partial charge in [0.15, 0.2) is 5.76 Å². The second-order valence-electron chi connectivity index (χ2n) is 8.40. The highest BCUT2D eigenvalue weighted by atomic mass is 35.5. The fraction of sp³-hybridized carbons (Fsp3) is 0.304. The summed E-state index contributed by atoms with van der Waals surface area (Å²) in [5.74, 6) is 0.119. The average Bonchev–Trinajstić information content (AvgIpc) is 3.10. The number of nitrogens with one attached hydrogen (secondary N) is 1. The van der Waals surface area contributed by atoms with Crippen LogP contribution >= 0.6 is 23.2 Å². The van der Waals surface area contributed by atoms with Crippen molar-refractivity contribution in [2.24, 2.45) is 5.10 Å². The highest BCUT2D eigenvalue weighted by Gasteiger charge is 2.34. The SMILES string of the molecule is CC1CC(C)(C)N(C)c2cc(Cl)c(/C=N/NC(=O)c3cc4cc(Cl)ccc4o3)cc21. The Morgan fingerprint density at radius 1 is 1.27 bits per heavy atom. The first-order chi connectivity index (χ1) is 14.2. The third-order valence-corrected chi connectivity index (χ3v) is 6.39. The van der Waals surface area contributed by atoms with Gasteiger partial charge in [0.25, 0.3) is 0 Å². The number of hydrogen-bond acceptors (Lipinski definition) is 4. The zero-order valence-corrected chi connectivity index (χ0v) is 18.8. The van der Waals surface area contributed by atoms with Crippen molar-refractivity contribution in [2.75, 3.05) is 11.9 Å². The lowest BCUT2D eigenvalue weighted by Gasteiger charge is -2.45. The molecule has 3 aromatic rings. The van der Waals surface area contributed by atoms with Crippen molar-refractivity contribution in [3.63, 3.8) is 0 Å². The largest absolute Gasteiger partial charge is 0.451 e. The average molecular weight is 444 g/mol. The predicted molar refractivity (Wildman–Crippen MR) is 123 cm³/mol. The Balaban J connectivity index is 1.54. The van der Waals surface area contributed by atoms with E-state index in [0.717, 1.165) is 23.1 Å². The number of carbonyl (C=O) groups excluding carboxylic acids is 1. The van der Waals surface area contributed by atoms with Gasteiger partial charge in [-0.15, -0.1) is 0 Å². The Morgan fingerprint density at radius 3 is 2.80 bits per heavy atom. The van der Waals surface area contributed by atoms with Crippen molar-refractivity contribution in [1.82, 2.24) is 5.43 Å². The standard InChI is InChI=1S/C23H23Cl2N3O2/c1-13-11-23(2,3)28(4)19-10-18(25)15(8-17(13)19)12-26-27-22(29)21-9-14-7-16(24)5-6-20(14)30-21/h5-10,12-13H,11H2,1-4H3,(H,27,29)/b26-12+. The van der Waals surface area contributed by atoms with Gasteiger partial charge in [-0.3, -0.25) is 4.79 Å². The zero-order chi connectivity index (χ0) is 21.6. The molecule has 0 spiro atoms. The van der Waals surface area contributed by atoms with Crippen LogP contribution in [0.4, 0.5) is 5.69 Å². The van der Waals surface area contributed by atoms with Crippen LogP contribution in [0.1, 0.15) is 54.8 Å². The molecular formula is C23H23Cl2N3O2. The van der Waals surface area contributed by atoms with Crippen molar-refractivity contribution >= 4 is 52.0 Å². The zero-order valence-electron chi connectivity index (χ0n) is 17.3. The van der Waals surface area contributed by atoms with Crippen LogP contribution in [0.3, 0.4) is 0 Å². The summed E-state index contributed by atoms with van der Waals surface area (Å²) in [5, 5.41) is 6.01. The Hall–Kier alpha value is -2.50. The van der Waals surface area contributed by atoms with E-state index >= 15 is 0 Å². The van der Waals surface area contributed by atoms with E-state index in [0.29, 0.717) is 21.5 Å². The summed E-state index contributed by atoms with van der Waals surface area (Å²) in [6.45, 7) is 6.69. The summed E-state index contributed by atoms with van der Waals surface area (Å²) in [4.78, 5) is 14.7. The first kappa shape index (κ1) is 20.8. The molecule has 30 heavy (non-hydrogen) atoms. The molecule has 0 aliphatic carbocycles. The smallest absolute Gasteiger partial charge is 0.307 e.